The number of esters is 1. The van der Waals surface area contributed by atoms with Crippen molar-refractivity contribution < 1.29 is 14.3 Å². The van der Waals surface area contributed by atoms with Crippen LogP contribution in [0, 0.1) is 0 Å². The minimum atomic E-state index is -0.637. The average molecular weight is 402 g/mol. The number of thiophene rings is 1. The first kappa shape index (κ1) is 17.4. The van der Waals surface area contributed by atoms with Crippen LogP contribution >= 0.6 is 22.9 Å². The summed E-state index contributed by atoms with van der Waals surface area (Å²) >= 11 is 7.50. The zero-order valence-corrected chi connectivity index (χ0v) is 15.6. The smallest absolute Gasteiger partial charge is 0.351 e. The Hall–Kier alpha value is -2.97. The number of hydrogen-bond donors (Lipinski definition) is 0. The molecule has 0 aliphatic heterocycles. The molecule has 0 aliphatic carbocycles. The number of ether oxygens (including phenoxy) is 2. The molecule has 136 valence electrons. The van der Waals surface area contributed by atoms with Crippen molar-refractivity contribution in [2.75, 3.05) is 7.11 Å². The van der Waals surface area contributed by atoms with Crippen molar-refractivity contribution in [2.24, 2.45) is 0 Å². The van der Waals surface area contributed by atoms with Gasteiger partial charge in [0.05, 0.1) is 17.5 Å². The third-order valence-electron chi connectivity index (χ3n) is 3.97. The van der Waals surface area contributed by atoms with Gasteiger partial charge in [-0.1, -0.05) is 28.9 Å². The molecule has 0 atom stereocenters. The maximum absolute atomic E-state index is 12.4. The van der Waals surface area contributed by atoms with Gasteiger partial charge in [-0.15, -0.1) is 16.4 Å². The molecule has 0 amide bonds. The number of methoxy groups -OCH3 is 1. The number of nitrogens with zero attached hydrogens (tertiary/aromatic N) is 3. The highest BCUT2D eigenvalue weighted by Gasteiger charge is 2.19. The van der Waals surface area contributed by atoms with Gasteiger partial charge in [0.1, 0.15) is 16.1 Å². The summed E-state index contributed by atoms with van der Waals surface area (Å²) in [6, 6.07) is 12.2. The second-order valence-corrected chi connectivity index (χ2v) is 7.01. The summed E-state index contributed by atoms with van der Waals surface area (Å²) < 4.78 is 12.2. The van der Waals surface area contributed by atoms with E-state index in [0.29, 0.717) is 21.7 Å². The molecule has 0 N–H and O–H groups in total. The van der Waals surface area contributed by atoms with E-state index in [0.717, 1.165) is 14.8 Å². The van der Waals surface area contributed by atoms with E-state index in [1.807, 2.05) is 0 Å². The highest BCUT2D eigenvalue weighted by Crippen LogP contribution is 2.37. The zero-order chi connectivity index (χ0) is 19.0. The second kappa shape index (κ2) is 6.98. The highest BCUT2D eigenvalue weighted by atomic mass is 35.5. The monoisotopic (exact) mass is 401 g/mol. The molecule has 9 heteroatoms. The van der Waals surface area contributed by atoms with Gasteiger partial charge in [0.2, 0.25) is 0 Å². The van der Waals surface area contributed by atoms with Crippen LogP contribution in [0.4, 0.5) is 0 Å². The minimum Gasteiger partial charge on any atom is -0.497 e. The Kier molecular flexibility index (Phi) is 4.51. The van der Waals surface area contributed by atoms with E-state index < -0.39 is 5.97 Å². The van der Waals surface area contributed by atoms with Crippen LogP contribution in [-0.2, 0) is 11.5 Å². The fourth-order valence-corrected chi connectivity index (χ4v) is 4.03. The summed E-state index contributed by atoms with van der Waals surface area (Å²) in [6.45, 7) is -0.358. The van der Waals surface area contributed by atoms with Crippen LogP contribution in [0.1, 0.15) is 9.67 Å². The van der Waals surface area contributed by atoms with E-state index in [-0.39, 0.29) is 17.2 Å². The number of carbonyl (C=O) groups excluding carboxylic acids is 1. The second-order valence-electron chi connectivity index (χ2n) is 5.58. The Morgan fingerprint density at radius 3 is 2.85 bits per heavy atom. The van der Waals surface area contributed by atoms with E-state index in [2.05, 4.69) is 10.3 Å². The van der Waals surface area contributed by atoms with Crippen LogP contribution in [-0.4, -0.2) is 28.1 Å². The zero-order valence-electron chi connectivity index (χ0n) is 14.0. The molecule has 7 nitrogen and oxygen atoms in total. The van der Waals surface area contributed by atoms with Crippen LogP contribution in [0.3, 0.4) is 0 Å². The molecule has 0 saturated carbocycles. The summed E-state index contributed by atoms with van der Waals surface area (Å²) in [7, 11) is 1.56. The normalized spacial score (nSPS) is 11.0. The van der Waals surface area contributed by atoms with Crippen molar-refractivity contribution in [3.63, 3.8) is 0 Å². The van der Waals surface area contributed by atoms with Gasteiger partial charge in [-0.3, -0.25) is 4.79 Å². The van der Waals surface area contributed by atoms with Crippen molar-refractivity contribution in [3.8, 4) is 5.75 Å². The maximum Gasteiger partial charge on any atom is 0.351 e. The number of carbonyl (C=O) groups is 1. The molecule has 2 heterocycles. The predicted molar refractivity (Wildman–Crippen MR) is 103 cm³/mol. The summed E-state index contributed by atoms with van der Waals surface area (Å²) in [5, 5.41) is 9.18. The molecule has 2 aromatic carbocycles. The fraction of sp³-hybridized carbons (Fsp3) is 0.111. The van der Waals surface area contributed by atoms with Crippen molar-refractivity contribution in [1.82, 2.24) is 15.0 Å². The first-order chi connectivity index (χ1) is 13.1. The molecule has 0 bridgehead atoms. The lowest BCUT2D eigenvalue weighted by Crippen LogP contribution is -2.26. The number of benzene rings is 2. The molecule has 0 radical (unpaired) electrons. The van der Waals surface area contributed by atoms with E-state index in [1.165, 1.54) is 11.3 Å². The first-order valence-corrected chi connectivity index (χ1v) is 9.03. The number of halogens is 1. The fourth-order valence-electron chi connectivity index (χ4n) is 2.60. The van der Waals surface area contributed by atoms with Crippen molar-refractivity contribution in [1.29, 1.82) is 0 Å². The SMILES string of the molecule is COc1ccc2c(Cl)c(C(=O)OCn3nnc4ccccc4c3=O)sc2c1. The molecule has 4 rings (SSSR count). The van der Waals surface area contributed by atoms with Gasteiger partial charge in [-0.2, -0.15) is 4.68 Å². The quantitative estimate of drug-likeness (QED) is 0.487. The first-order valence-electron chi connectivity index (χ1n) is 7.84. The van der Waals surface area contributed by atoms with Crippen LogP contribution in [0.15, 0.2) is 47.3 Å². The largest absolute Gasteiger partial charge is 0.497 e. The molecule has 27 heavy (non-hydrogen) atoms. The Balaban J connectivity index is 1.60. The Bertz CT molecular complexity index is 1230. The van der Waals surface area contributed by atoms with E-state index in [4.69, 9.17) is 21.1 Å². The van der Waals surface area contributed by atoms with Crippen LogP contribution in [0.5, 0.6) is 5.75 Å². The van der Waals surface area contributed by atoms with E-state index in [9.17, 15) is 9.59 Å². The predicted octanol–water partition coefficient (Wildman–Crippen LogP) is 3.48. The third-order valence-corrected chi connectivity index (χ3v) is 5.61. The van der Waals surface area contributed by atoms with Gasteiger partial charge in [0.15, 0.2) is 6.73 Å². The summed E-state index contributed by atoms with van der Waals surface area (Å²) in [4.78, 5) is 25.1. The molecule has 0 unspecified atom stereocenters. The van der Waals surface area contributed by atoms with Crippen molar-refractivity contribution >= 4 is 49.9 Å². The van der Waals surface area contributed by atoms with Gasteiger partial charge in [-0.05, 0) is 30.3 Å². The van der Waals surface area contributed by atoms with Crippen LogP contribution in [0.25, 0.3) is 21.0 Å². The summed E-state index contributed by atoms with van der Waals surface area (Å²) in [5.74, 6) is 0.0281. The molecule has 2 aromatic heterocycles. The number of aromatic nitrogens is 3. The number of fused-ring (bicyclic) bond motifs is 2. The van der Waals surface area contributed by atoms with Gasteiger partial charge in [-0.25, -0.2) is 4.79 Å². The third kappa shape index (κ3) is 3.13. The molecule has 4 aromatic rings. The van der Waals surface area contributed by atoms with Gasteiger partial charge in [0.25, 0.3) is 5.56 Å². The molecule has 0 aliphatic rings. The average Bonchev–Trinajstić information content (AvgIpc) is 3.03. The van der Waals surface area contributed by atoms with E-state index in [1.54, 1.807) is 49.6 Å². The summed E-state index contributed by atoms with van der Waals surface area (Å²) in [5.41, 5.74) is 0.0900. The Labute approximate surface area is 161 Å². The standard InChI is InChI=1S/C18H12ClN3O4S/c1-25-10-6-7-12-14(8-10)27-16(15(12)19)18(24)26-9-22-17(23)11-4-2-3-5-13(11)20-21-22/h2-8H,9H2,1H3. The minimum absolute atomic E-state index is 0.252. The molecular weight excluding hydrogens is 390 g/mol. The maximum atomic E-state index is 12.4. The van der Waals surface area contributed by atoms with E-state index >= 15 is 0 Å². The lowest BCUT2D eigenvalue weighted by atomic mass is 10.2. The number of rotatable bonds is 4. The van der Waals surface area contributed by atoms with Gasteiger partial charge >= 0.3 is 5.97 Å². The molecule has 0 fully saturated rings. The summed E-state index contributed by atoms with van der Waals surface area (Å²) in [6.07, 6.45) is 0. The van der Waals surface area contributed by atoms with Crippen molar-refractivity contribution in [3.05, 3.63) is 62.7 Å². The Morgan fingerprint density at radius 1 is 1.22 bits per heavy atom. The van der Waals surface area contributed by atoms with Crippen LogP contribution in [0.2, 0.25) is 5.02 Å². The number of hydrogen-bond acceptors (Lipinski definition) is 7. The topological polar surface area (TPSA) is 83.3 Å². The van der Waals surface area contributed by atoms with Gasteiger partial charge in [0, 0.05) is 10.1 Å². The lowest BCUT2D eigenvalue weighted by molar-refractivity contribution is 0.0342. The molecule has 0 spiro atoms. The Morgan fingerprint density at radius 2 is 2.04 bits per heavy atom. The van der Waals surface area contributed by atoms with Gasteiger partial charge < -0.3 is 9.47 Å². The molecule has 0 saturated heterocycles. The molecular formula is C18H12ClN3O4S. The van der Waals surface area contributed by atoms with Crippen LogP contribution < -0.4 is 10.3 Å². The van der Waals surface area contributed by atoms with Crippen molar-refractivity contribution in [2.45, 2.75) is 6.73 Å². The highest BCUT2D eigenvalue weighted by molar-refractivity contribution is 7.21. The lowest BCUT2D eigenvalue weighted by Gasteiger charge is -2.05.